The first kappa shape index (κ1) is 18.5. The lowest BCUT2D eigenvalue weighted by molar-refractivity contribution is 0.102. The highest BCUT2D eigenvalue weighted by Gasteiger charge is 2.18. The van der Waals surface area contributed by atoms with Crippen LogP contribution in [0.3, 0.4) is 0 Å². The molecule has 0 aliphatic carbocycles. The van der Waals surface area contributed by atoms with Gasteiger partial charge in [-0.2, -0.15) is 0 Å². The fourth-order valence-corrected chi connectivity index (χ4v) is 4.62. The van der Waals surface area contributed by atoms with Gasteiger partial charge in [0.2, 0.25) is 0 Å². The third-order valence-corrected chi connectivity index (χ3v) is 5.46. The lowest BCUT2D eigenvalue weighted by Gasteiger charge is -2.19. The predicted octanol–water partition coefficient (Wildman–Crippen LogP) is 5.73. The zero-order valence-electron chi connectivity index (χ0n) is 13.6. The highest BCUT2D eigenvalue weighted by atomic mass is 79.9. The smallest absolute Gasteiger partial charge is 0.259 e. The van der Waals surface area contributed by atoms with Crippen LogP contribution in [-0.2, 0) is 0 Å². The van der Waals surface area contributed by atoms with Crippen molar-refractivity contribution < 1.29 is 9.53 Å². The molecule has 7 heteroatoms. The minimum absolute atomic E-state index is 0.260. The summed E-state index contributed by atoms with van der Waals surface area (Å²) < 4.78 is 6.83. The molecule has 0 saturated carbocycles. The molecule has 0 unspecified atom stereocenters. The summed E-state index contributed by atoms with van der Waals surface area (Å²) >= 11 is 13.2. The maximum atomic E-state index is 12.7. The van der Waals surface area contributed by atoms with Gasteiger partial charge in [-0.1, -0.05) is 27.5 Å². The van der Waals surface area contributed by atoms with E-state index in [-0.39, 0.29) is 5.91 Å². The first-order chi connectivity index (χ1) is 12.0. The molecule has 0 aromatic heterocycles. The topological polar surface area (TPSA) is 41.6 Å². The average Bonchev–Trinajstić information content (AvgIpc) is 3.08. The Morgan fingerprint density at radius 2 is 1.92 bits per heavy atom. The standard InChI is InChI=1S/C18H17Br2ClN2O2/c1-25-17-13(8-11(19)9-14(17)20)18(24)22-12-4-5-16(15(21)10-12)23-6-2-3-7-23/h4-5,8-10H,2-3,6-7H2,1H3,(H,22,24). The van der Waals surface area contributed by atoms with Gasteiger partial charge >= 0.3 is 0 Å². The molecule has 0 radical (unpaired) electrons. The van der Waals surface area contributed by atoms with Crippen molar-refractivity contribution >= 4 is 60.7 Å². The Morgan fingerprint density at radius 3 is 2.56 bits per heavy atom. The minimum Gasteiger partial charge on any atom is -0.495 e. The number of hydrogen-bond donors (Lipinski definition) is 1. The molecule has 1 aliphatic rings. The maximum absolute atomic E-state index is 12.7. The van der Waals surface area contributed by atoms with E-state index in [2.05, 4.69) is 42.1 Å². The molecule has 0 atom stereocenters. The fraction of sp³-hybridized carbons (Fsp3) is 0.278. The largest absolute Gasteiger partial charge is 0.495 e. The number of nitrogens with one attached hydrogen (secondary N) is 1. The molecule has 0 spiro atoms. The number of benzene rings is 2. The molecule has 1 N–H and O–H groups in total. The van der Waals surface area contributed by atoms with Crippen molar-refractivity contribution in [2.75, 3.05) is 30.4 Å². The van der Waals surface area contributed by atoms with Gasteiger partial charge in [0.15, 0.2) is 0 Å². The van der Waals surface area contributed by atoms with Crippen LogP contribution in [-0.4, -0.2) is 26.1 Å². The first-order valence-electron chi connectivity index (χ1n) is 7.88. The Hall–Kier alpha value is -1.24. The van der Waals surface area contributed by atoms with Gasteiger partial charge in [0, 0.05) is 23.2 Å². The van der Waals surface area contributed by atoms with E-state index >= 15 is 0 Å². The fourth-order valence-electron chi connectivity index (χ4n) is 2.93. The molecular weight excluding hydrogens is 471 g/mol. The van der Waals surface area contributed by atoms with Gasteiger partial charge in [-0.05, 0) is 59.1 Å². The van der Waals surface area contributed by atoms with E-state index < -0.39 is 0 Å². The zero-order valence-corrected chi connectivity index (χ0v) is 17.5. The summed E-state index contributed by atoms with van der Waals surface area (Å²) in [5, 5.41) is 3.52. The number of methoxy groups -OCH3 is 1. The van der Waals surface area contributed by atoms with Crippen LogP contribution in [0.15, 0.2) is 39.3 Å². The van der Waals surface area contributed by atoms with Crippen LogP contribution >= 0.6 is 43.5 Å². The van der Waals surface area contributed by atoms with Crippen molar-refractivity contribution in [3.8, 4) is 5.75 Å². The third-order valence-electron chi connectivity index (χ3n) is 4.11. The van der Waals surface area contributed by atoms with Gasteiger partial charge < -0.3 is 15.0 Å². The van der Waals surface area contributed by atoms with Crippen molar-refractivity contribution in [1.29, 1.82) is 0 Å². The van der Waals surface area contributed by atoms with Crippen LogP contribution < -0.4 is 15.0 Å². The van der Waals surface area contributed by atoms with E-state index in [4.69, 9.17) is 16.3 Å². The van der Waals surface area contributed by atoms with Crippen molar-refractivity contribution in [3.63, 3.8) is 0 Å². The van der Waals surface area contributed by atoms with E-state index in [1.54, 1.807) is 12.1 Å². The second-order valence-electron chi connectivity index (χ2n) is 5.78. The zero-order chi connectivity index (χ0) is 18.0. The highest BCUT2D eigenvalue weighted by Crippen LogP contribution is 2.34. The quantitative estimate of drug-likeness (QED) is 0.598. The number of ether oxygens (including phenoxy) is 1. The van der Waals surface area contributed by atoms with Crippen LogP contribution in [0.2, 0.25) is 5.02 Å². The molecule has 1 saturated heterocycles. The molecule has 3 rings (SSSR count). The normalized spacial score (nSPS) is 13.8. The molecule has 1 amide bonds. The van der Waals surface area contributed by atoms with Crippen LogP contribution in [0.25, 0.3) is 0 Å². The summed E-state index contributed by atoms with van der Waals surface area (Å²) in [4.78, 5) is 14.9. The summed E-state index contributed by atoms with van der Waals surface area (Å²) in [6.07, 6.45) is 2.37. The van der Waals surface area contributed by atoms with Crippen molar-refractivity contribution in [1.82, 2.24) is 0 Å². The number of nitrogens with zero attached hydrogens (tertiary/aromatic N) is 1. The van der Waals surface area contributed by atoms with Crippen LogP contribution in [0.1, 0.15) is 23.2 Å². The van der Waals surface area contributed by atoms with Crippen molar-refractivity contribution in [3.05, 3.63) is 49.9 Å². The number of amides is 1. The molecule has 4 nitrogen and oxygen atoms in total. The lowest BCUT2D eigenvalue weighted by atomic mass is 10.1. The minimum atomic E-state index is -0.260. The van der Waals surface area contributed by atoms with E-state index in [0.717, 1.165) is 23.2 Å². The SMILES string of the molecule is COc1c(Br)cc(Br)cc1C(=O)Nc1ccc(N2CCCC2)c(Cl)c1. The second kappa shape index (κ2) is 7.98. The Bertz CT molecular complexity index is 808. The average molecular weight is 489 g/mol. The van der Waals surface area contributed by atoms with E-state index in [0.29, 0.717) is 26.5 Å². The Kier molecular flexibility index (Phi) is 5.92. The van der Waals surface area contributed by atoms with Gasteiger partial charge in [0.1, 0.15) is 5.75 Å². The van der Waals surface area contributed by atoms with Gasteiger partial charge in [-0.3, -0.25) is 4.79 Å². The van der Waals surface area contributed by atoms with Gasteiger partial charge in [-0.15, -0.1) is 0 Å². The van der Waals surface area contributed by atoms with Gasteiger partial charge in [-0.25, -0.2) is 0 Å². The van der Waals surface area contributed by atoms with Crippen LogP contribution in [0.5, 0.6) is 5.75 Å². The third kappa shape index (κ3) is 4.13. The summed E-state index contributed by atoms with van der Waals surface area (Å²) in [6, 6.07) is 9.16. The molecule has 1 aliphatic heterocycles. The highest BCUT2D eigenvalue weighted by molar-refractivity contribution is 9.11. The number of carbonyl (C=O) groups excluding carboxylic acids is 1. The van der Waals surface area contributed by atoms with Crippen LogP contribution in [0.4, 0.5) is 11.4 Å². The summed E-state index contributed by atoms with van der Waals surface area (Å²) in [5.74, 6) is 0.226. The number of carbonyl (C=O) groups is 1. The summed E-state index contributed by atoms with van der Waals surface area (Å²) in [7, 11) is 1.53. The molecule has 1 fully saturated rings. The van der Waals surface area contributed by atoms with Gasteiger partial charge in [0.05, 0.1) is 27.9 Å². The Morgan fingerprint density at radius 1 is 1.20 bits per heavy atom. The number of hydrogen-bond acceptors (Lipinski definition) is 3. The van der Waals surface area contributed by atoms with Crippen molar-refractivity contribution in [2.45, 2.75) is 12.8 Å². The first-order valence-corrected chi connectivity index (χ1v) is 9.85. The second-order valence-corrected chi connectivity index (χ2v) is 7.96. The number of halogens is 3. The summed E-state index contributed by atoms with van der Waals surface area (Å²) in [6.45, 7) is 2.05. The van der Waals surface area contributed by atoms with E-state index in [1.807, 2.05) is 18.2 Å². The van der Waals surface area contributed by atoms with Gasteiger partial charge in [0.25, 0.3) is 5.91 Å². The molecule has 2 aromatic rings. The Balaban J connectivity index is 1.83. The van der Waals surface area contributed by atoms with Crippen molar-refractivity contribution in [2.24, 2.45) is 0 Å². The molecule has 25 heavy (non-hydrogen) atoms. The van der Waals surface area contributed by atoms with Crippen LogP contribution in [0, 0.1) is 0 Å². The monoisotopic (exact) mass is 486 g/mol. The van der Waals surface area contributed by atoms with E-state index in [1.165, 1.54) is 20.0 Å². The molecule has 0 bridgehead atoms. The summed E-state index contributed by atoms with van der Waals surface area (Å²) in [5.41, 5.74) is 2.10. The maximum Gasteiger partial charge on any atom is 0.259 e. The lowest BCUT2D eigenvalue weighted by Crippen LogP contribution is -2.18. The number of anilines is 2. The molecule has 132 valence electrons. The predicted molar refractivity (Wildman–Crippen MR) is 109 cm³/mol. The number of rotatable bonds is 4. The molecule has 2 aromatic carbocycles. The Labute approximate surface area is 168 Å². The van der Waals surface area contributed by atoms with E-state index in [9.17, 15) is 4.79 Å². The molecule has 1 heterocycles. The molecular formula is C18H17Br2ClN2O2.